The smallest absolute Gasteiger partial charge is 0.243 e. The van der Waals surface area contributed by atoms with Gasteiger partial charge in [0.15, 0.2) is 5.96 Å². The molecule has 134 valence electrons. The first kappa shape index (κ1) is 22.4. The Balaban J connectivity index is 0.00000529. The highest BCUT2D eigenvalue weighted by Crippen LogP contribution is 2.06. The van der Waals surface area contributed by atoms with Gasteiger partial charge in [-0.3, -0.25) is 4.79 Å². The number of halogens is 2. The Hall–Kier alpha value is -1.64. The van der Waals surface area contributed by atoms with Crippen molar-refractivity contribution in [1.82, 2.24) is 15.5 Å². The summed E-state index contributed by atoms with van der Waals surface area (Å²) < 4.78 is 13.6. The summed E-state index contributed by atoms with van der Waals surface area (Å²) in [5.74, 6) is 0.209. The summed E-state index contributed by atoms with van der Waals surface area (Å²) in [6.45, 7) is 6.84. The van der Waals surface area contributed by atoms with Crippen LogP contribution < -0.4 is 10.6 Å². The lowest BCUT2D eigenvalue weighted by molar-refractivity contribution is -0.127. The molecule has 1 aromatic carbocycles. The van der Waals surface area contributed by atoms with Crippen LogP contribution in [-0.2, 0) is 11.2 Å². The third-order valence-corrected chi connectivity index (χ3v) is 3.07. The number of nitrogens with one attached hydrogen (secondary N) is 2. The van der Waals surface area contributed by atoms with Gasteiger partial charge in [-0.15, -0.1) is 24.0 Å². The molecule has 0 spiro atoms. The van der Waals surface area contributed by atoms with Gasteiger partial charge in [0.25, 0.3) is 0 Å². The van der Waals surface area contributed by atoms with Crippen LogP contribution in [0.5, 0.6) is 0 Å². The first-order valence-electron chi connectivity index (χ1n) is 7.50. The van der Waals surface area contributed by atoms with Gasteiger partial charge >= 0.3 is 0 Å². The number of rotatable bonds is 7. The third-order valence-electron chi connectivity index (χ3n) is 3.07. The van der Waals surface area contributed by atoms with Gasteiger partial charge in [-0.25, -0.2) is 9.38 Å². The Morgan fingerprint density at radius 3 is 2.54 bits per heavy atom. The van der Waals surface area contributed by atoms with Crippen LogP contribution in [0.3, 0.4) is 0 Å². The van der Waals surface area contributed by atoms with E-state index in [4.69, 9.17) is 0 Å². The van der Waals surface area contributed by atoms with Crippen LogP contribution in [0.4, 0.5) is 4.39 Å². The molecule has 0 aliphatic rings. The molecule has 0 bridgehead atoms. The van der Waals surface area contributed by atoms with E-state index in [1.165, 1.54) is 11.0 Å². The molecule has 0 atom stereocenters. The number of hydrogen-bond acceptors (Lipinski definition) is 2. The molecule has 24 heavy (non-hydrogen) atoms. The first-order chi connectivity index (χ1) is 10.9. The van der Waals surface area contributed by atoms with E-state index in [0.29, 0.717) is 31.0 Å². The second kappa shape index (κ2) is 11.8. The Labute approximate surface area is 160 Å². The van der Waals surface area contributed by atoms with Crippen molar-refractivity contribution in [2.45, 2.75) is 13.3 Å². The van der Waals surface area contributed by atoms with Crippen LogP contribution in [-0.4, -0.2) is 50.5 Å². The molecule has 5 nitrogen and oxygen atoms in total. The molecule has 0 aromatic heterocycles. The van der Waals surface area contributed by atoms with E-state index >= 15 is 0 Å². The first-order valence-corrected chi connectivity index (χ1v) is 7.50. The molecule has 0 aliphatic carbocycles. The fourth-order valence-corrected chi connectivity index (χ4v) is 1.71. The van der Waals surface area contributed by atoms with Gasteiger partial charge < -0.3 is 15.5 Å². The zero-order valence-corrected chi connectivity index (χ0v) is 16.8. The second-order valence-electron chi connectivity index (χ2n) is 5.53. The molecule has 0 saturated heterocycles. The highest BCUT2D eigenvalue weighted by Gasteiger charge is 2.05. The summed E-state index contributed by atoms with van der Waals surface area (Å²) in [5, 5.41) is 6.19. The predicted molar refractivity (Wildman–Crippen MR) is 107 cm³/mol. The van der Waals surface area contributed by atoms with Gasteiger partial charge in [0.2, 0.25) is 5.91 Å². The summed E-state index contributed by atoms with van der Waals surface area (Å²) in [6, 6.07) is 6.67. The minimum atomic E-state index is -0.217. The van der Waals surface area contributed by atoms with Crippen LogP contribution in [0.25, 0.3) is 0 Å². The normalized spacial score (nSPS) is 10.6. The van der Waals surface area contributed by atoms with Crippen LogP contribution in [0.1, 0.15) is 12.5 Å². The summed E-state index contributed by atoms with van der Waals surface area (Å²) >= 11 is 0. The maximum absolute atomic E-state index is 13.6. The van der Waals surface area contributed by atoms with E-state index in [-0.39, 0.29) is 42.2 Å². The fraction of sp³-hybridized carbons (Fsp3) is 0.412. The van der Waals surface area contributed by atoms with Gasteiger partial charge in [-0.1, -0.05) is 30.4 Å². The monoisotopic (exact) mass is 448 g/mol. The minimum absolute atomic E-state index is 0. The van der Waals surface area contributed by atoms with Crippen molar-refractivity contribution in [3.8, 4) is 0 Å². The molecule has 0 saturated carbocycles. The van der Waals surface area contributed by atoms with Crippen LogP contribution in [0.15, 0.2) is 41.4 Å². The van der Waals surface area contributed by atoms with Crippen LogP contribution in [0.2, 0.25) is 0 Å². The van der Waals surface area contributed by atoms with Gasteiger partial charge in [-0.05, 0) is 25.0 Å². The zero-order valence-electron chi connectivity index (χ0n) is 14.4. The van der Waals surface area contributed by atoms with E-state index in [0.717, 1.165) is 5.57 Å². The number of likely N-dealkylation sites (N-methyl/N-ethyl adjacent to an activating group) is 1. The molecular formula is C17H26FIN4O. The van der Waals surface area contributed by atoms with Crippen molar-refractivity contribution in [1.29, 1.82) is 0 Å². The Morgan fingerprint density at radius 1 is 1.29 bits per heavy atom. The summed E-state index contributed by atoms with van der Waals surface area (Å²) in [5.41, 5.74) is 1.59. The Kier molecular flexibility index (Phi) is 11.0. The summed E-state index contributed by atoms with van der Waals surface area (Å²) in [7, 11) is 3.37. The lowest BCUT2D eigenvalue weighted by Gasteiger charge is -2.14. The highest BCUT2D eigenvalue weighted by molar-refractivity contribution is 14.0. The van der Waals surface area contributed by atoms with Crippen LogP contribution in [0, 0.1) is 5.82 Å². The lowest BCUT2D eigenvalue weighted by atomic mass is 10.1. The largest absolute Gasteiger partial charge is 0.356 e. The maximum Gasteiger partial charge on any atom is 0.243 e. The zero-order chi connectivity index (χ0) is 17.2. The molecule has 2 N–H and O–H groups in total. The molecule has 0 fully saturated rings. The van der Waals surface area contributed by atoms with Gasteiger partial charge in [0.1, 0.15) is 12.4 Å². The van der Waals surface area contributed by atoms with Crippen molar-refractivity contribution >= 4 is 35.8 Å². The van der Waals surface area contributed by atoms with Crippen molar-refractivity contribution in [2.75, 3.05) is 33.7 Å². The van der Waals surface area contributed by atoms with Gasteiger partial charge in [0.05, 0.1) is 0 Å². The predicted octanol–water partition coefficient (Wildman–Crippen LogP) is 2.19. The molecule has 1 rings (SSSR count). The lowest BCUT2D eigenvalue weighted by Crippen LogP contribution is -2.40. The van der Waals surface area contributed by atoms with Crippen molar-refractivity contribution in [3.63, 3.8) is 0 Å². The van der Waals surface area contributed by atoms with Crippen molar-refractivity contribution in [3.05, 3.63) is 47.8 Å². The van der Waals surface area contributed by atoms with E-state index in [1.807, 2.05) is 13.0 Å². The SMILES string of the molecule is C=C(C)CNC(=NCC(=O)N(C)C)NCCc1ccccc1F.I. The number of amides is 1. The van der Waals surface area contributed by atoms with E-state index in [9.17, 15) is 9.18 Å². The molecule has 0 heterocycles. The maximum atomic E-state index is 13.6. The van der Waals surface area contributed by atoms with Gasteiger partial charge in [-0.2, -0.15) is 0 Å². The second-order valence-corrected chi connectivity index (χ2v) is 5.53. The van der Waals surface area contributed by atoms with E-state index < -0.39 is 0 Å². The molecular weight excluding hydrogens is 422 g/mol. The standard InChI is InChI=1S/C17H25FN4O.HI/c1-13(2)11-20-17(21-12-16(23)22(3)4)19-10-9-14-7-5-6-8-15(14)18;/h5-8H,1,9-12H2,2-4H3,(H2,19,20,21);1H. The van der Waals surface area contributed by atoms with E-state index in [1.54, 1.807) is 26.2 Å². The van der Waals surface area contributed by atoms with Crippen molar-refractivity contribution < 1.29 is 9.18 Å². The summed E-state index contributed by atoms with van der Waals surface area (Å²) in [4.78, 5) is 17.3. The topological polar surface area (TPSA) is 56.7 Å². The number of carbonyl (C=O) groups excluding carboxylic acids is 1. The van der Waals surface area contributed by atoms with Gasteiger partial charge in [0, 0.05) is 27.2 Å². The third kappa shape index (κ3) is 8.85. The number of aliphatic imine (C=N–C) groups is 1. The number of guanidine groups is 1. The number of hydrogen-bond donors (Lipinski definition) is 2. The molecule has 1 amide bonds. The quantitative estimate of drug-likeness (QED) is 0.291. The number of carbonyl (C=O) groups is 1. The van der Waals surface area contributed by atoms with Crippen LogP contribution >= 0.6 is 24.0 Å². The molecule has 0 aliphatic heterocycles. The summed E-state index contributed by atoms with van der Waals surface area (Å²) in [6.07, 6.45) is 0.530. The highest BCUT2D eigenvalue weighted by atomic mass is 127. The Morgan fingerprint density at radius 2 is 1.96 bits per heavy atom. The minimum Gasteiger partial charge on any atom is -0.356 e. The average molecular weight is 448 g/mol. The molecule has 1 aromatic rings. The number of nitrogens with zero attached hydrogens (tertiary/aromatic N) is 2. The Bertz CT molecular complexity index is 575. The van der Waals surface area contributed by atoms with E-state index in [2.05, 4.69) is 22.2 Å². The average Bonchev–Trinajstić information content (AvgIpc) is 2.50. The fourth-order valence-electron chi connectivity index (χ4n) is 1.71. The molecule has 0 radical (unpaired) electrons. The molecule has 0 unspecified atom stereocenters. The molecule has 7 heteroatoms. The number of benzene rings is 1. The van der Waals surface area contributed by atoms with Crippen molar-refractivity contribution in [2.24, 2.45) is 4.99 Å².